The number of halogens is 1. The Kier molecular flexibility index (Phi) is 4.37. The first-order chi connectivity index (χ1) is 11.0. The number of sulfonamides is 1. The van der Waals surface area contributed by atoms with E-state index < -0.39 is 15.8 Å². The zero-order valence-electron chi connectivity index (χ0n) is 12.8. The van der Waals surface area contributed by atoms with Crippen LogP contribution in [0.4, 0.5) is 4.39 Å². The maximum absolute atomic E-state index is 14.0. The van der Waals surface area contributed by atoms with Crippen molar-refractivity contribution >= 4 is 10.0 Å². The van der Waals surface area contributed by atoms with Crippen LogP contribution in [-0.4, -0.2) is 26.4 Å². The highest BCUT2D eigenvalue weighted by molar-refractivity contribution is 7.89. The van der Waals surface area contributed by atoms with Crippen molar-refractivity contribution in [3.05, 3.63) is 59.9 Å². The molecule has 0 saturated carbocycles. The second-order valence-corrected chi connectivity index (χ2v) is 7.34. The van der Waals surface area contributed by atoms with Gasteiger partial charge >= 0.3 is 0 Å². The third kappa shape index (κ3) is 2.96. The van der Waals surface area contributed by atoms with Crippen molar-refractivity contribution in [2.24, 2.45) is 0 Å². The summed E-state index contributed by atoms with van der Waals surface area (Å²) in [5.74, 6) is -0.0403. The Balaban J connectivity index is 2.00. The number of nitrogens with zero attached hydrogens (tertiary/aromatic N) is 1. The molecule has 0 aliphatic carbocycles. The van der Waals surface area contributed by atoms with Gasteiger partial charge in [0.25, 0.3) is 0 Å². The maximum Gasteiger partial charge on any atom is 0.246 e. The van der Waals surface area contributed by atoms with E-state index in [0.29, 0.717) is 18.7 Å². The number of rotatable bonds is 4. The Bertz CT molecular complexity index is 807. The molecule has 3 rings (SSSR count). The minimum Gasteiger partial charge on any atom is -0.497 e. The summed E-state index contributed by atoms with van der Waals surface area (Å²) in [7, 11) is -2.30. The van der Waals surface area contributed by atoms with Crippen molar-refractivity contribution in [1.29, 1.82) is 0 Å². The molecule has 122 valence electrons. The Morgan fingerprint density at radius 2 is 1.96 bits per heavy atom. The summed E-state index contributed by atoms with van der Waals surface area (Å²) in [6.07, 6.45) is 1.45. The van der Waals surface area contributed by atoms with Gasteiger partial charge in [-0.25, -0.2) is 12.8 Å². The monoisotopic (exact) mass is 335 g/mol. The molecule has 0 amide bonds. The predicted molar refractivity (Wildman–Crippen MR) is 85.3 cm³/mol. The van der Waals surface area contributed by atoms with E-state index in [-0.39, 0.29) is 10.9 Å². The largest absolute Gasteiger partial charge is 0.497 e. The first-order valence-corrected chi connectivity index (χ1v) is 8.88. The molecule has 1 fully saturated rings. The molecular formula is C17H18FNO3S. The SMILES string of the molecule is COc1cccc(C2CCCN2S(=O)(=O)c2ccccc2F)c1. The molecular weight excluding hydrogens is 317 g/mol. The standard InChI is InChI=1S/C17H18FNO3S/c1-22-14-7-4-6-13(12-14)16-9-5-11-19(16)23(20,21)17-10-3-2-8-15(17)18/h2-4,6-8,10,12,16H,5,9,11H2,1H3. The van der Waals surface area contributed by atoms with Gasteiger partial charge in [0.05, 0.1) is 13.2 Å². The highest BCUT2D eigenvalue weighted by Crippen LogP contribution is 2.37. The molecule has 4 nitrogen and oxygen atoms in total. The van der Waals surface area contributed by atoms with Crippen LogP contribution in [0.25, 0.3) is 0 Å². The zero-order chi connectivity index (χ0) is 16.4. The summed E-state index contributed by atoms with van der Waals surface area (Å²) < 4.78 is 46.3. The molecule has 0 bridgehead atoms. The number of hydrogen-bond acceptors (Lipinski definition) is 3. The Morgan fingerprint density at radius 3 is 2.70 bits per heavy atom. The van der Waals surface area contributed by atoms with Crippen molar-refractivity contribution in [3.63, 3.8) is 0 Å². The minimum absolute atomic E-state index is 0.269. The van der Waals surface area contributed by atoms with Gasteiger partial charge in [-0.15, -0.1) is 0 Å². The summed E-state index contributed by atoms with van der Waals surface area (Å²) in [6.45, 7) is 0.387. The Labute approximate surface area is 135 Å². The average Bonchev–Trinajstić information content (AvgIpc) is 3.05. The topological polar surface area (TPSA) is 46.6 Å². The summed E-state index contributed by atoms with van der Waals surface area (Å²) in [4.78, 5) is -0.269. The van der Waals surface area contributed by atoms with E-state index in [2.05, 4.69) is 0 Å². The van der Waals surface area contributed by atoms with Crippen molar-refractivity contribution in [1.82, 2.24) is 4.31 Å². The average molecular weight is 335 g/mol. The molecule has 1 aliphatic heterocycles. The molecule has 0 aromatic heterocycles. The van der Waals surface area contributed by atoms with E-state index in [1.807, 2.05) is 24.3 Å². The molecule has 1 unspecified atom stereocenters. The first kappa shape index (κ1) is 16.0. The fourth-order valence-electron chi connectivity index (χ4n) is 2.99. The highest BCUT2D eigenvalue weighted by atomic mass is 32.2. The van der Waals surface area contributed by atoms with E-state index in [1.165, 1.54) is 28.6 Å². The van der Waals surface area contributed by atoms with Gasteiger partial charge in [0, 0.05) is 6.54 Å². The van der Waals surface area contributed by atoms with Crippen LogP contribution < -0.4 is 4.74 Å². The fraction of sp³-hybridized carbons (Fsp3) is 0.294. The summed E-state index contributed by atoms with van der Waals surface area (Å²) in [5, 5.41) is 0. The fourth-order valence-corrected chi connectivity index (χ4v) is 4.74. The molecule has 1 saturated heterocycles. The van der Waals surface area contributed by atoms with E-state index >= 15 is 0 Å². The van der Waals surface area contributed by atoms with Gasteiger partial charge in [0.1, 0.15) is 16.5 Å². The number of benzene rings is 2. The van der Waals surface area contributed by atoms with Gasteiger partial charge < -0.3 is 4.74 Å². The van der Waals surface area contributed by atoms with Crippen LogP contribution in [0.5, 0.6) is 5.75 Å². The van der Waals surface area contributed by atoms with Gasteiger partial charge in [0.15, 0.2) is 0 Å². The van der Waals surface area contributed by atoms with Crippen LogP contribution in [0.3, 0.4) is 0 Å². The molecule has 1 aliphatic rings. The Morgan fingerprint density at radius 1 is 1.17 bits per heavy atom. The van der Waals surface area contributed by atoms with Crippen LogP contribution in [0.15, 0.2) is 53.4 Å². The van der Waals surface area contributed by atoms with Crippen molar-refractivity contribution < 1.29 is 17.5 Å². The van der Waals surface area contributed by atoms with Gasteiger partial charge in [-0.3, -0.25) is 0 Å². The second kappa shape index (κ2) is 6.29. The molecule has 1 heterocycles. The molecule has 0 spiro atoms. The second-order valence-electron chi connectivity index (χ2n) is 5.48. The molecule has 2 aromatic carbocycles. The van der Waals surface area contributed by atoms with Gasteiger partial charge in [-0.1, -0.05) is 24.3 Å². The van der Waals surface area contributed by atoms with Crippen LogP contribution in [-0.2, 0) is 10.0 Å². The van der Waals surface area contributed by atoms with Gasteiger partial charge in [-0.05, 0) is 42.7 Å². The first-order valence-electron chi connectivity index (χ1n) is 7.44. The highest BCUT2D eigenvalue weighted by Gasteiger charge is 2.37. The van der Waals surface area contributed by atoms with Crippen LogP contribution >= 0.6 is 0 Å². The van der Waals surface area contributed by atoms with E-state index in [4.69, 9.17) is 4.74 Å². The summed E-state index contributed by atoms with van der Waals surface area (Å²) >= 11 is 0. The quantitative estimate of drug-likeness (QED) is 0.861. The lowest BCUT2D eigenvalue weighted by Crippen LogP contribution is -2.31. The number of hydrogen-bond donors (Lipinski definition) is 0. The molecule has 2 aromatic rings. The normalized spacial score (nSPS) is 19.0. The molecule has 1 atom stereocenters. The summed E-state index contributed by atoms with van der Waals surface area (Å²) in [5.41, 5.74) is 0.863. The van der Waals surface area contributed by atoms with E-state index in [1.54, 1.807) is 7.11 Å². The lowest BCUT2D eigenvalue weighted by molar-refractivity contribution is 0.388. The molecule has 0 N–H and O–H groups in total. The number of methoxy groups -OCH3 is 1. The third-order valence-electron chi connectivity index (χ3n) is 4.11. The molecule has 23 heavy (non-hydrogen) atoms. The third-order valence-corrected chi connectivity index (χ3v) is 6.05. The van der Waals surface area contributed by atoms with Gasteiger partial charge in [-0.2, -0.15) is 4.31 Å². The predicted octanol–water partition coefficient (Wildman–Crippen LogP) is 3.36. The van der Waals surface area contributed by atoms with Crippen LogP contribution in [0.2, 0.25) is 0 Å². The van der Waals surface area contributed by atoms with Crippen molar-refractivity contribution in [2.75, 3.05) is 13.7 Å². The molecule has 6 heteroatoms. The zero-order valence-corrected chi connectivity index (χ0v) is 13.6. The lowest BCUT2D eigenvalue weighted by atomic mass is 10.1. The van der Waals surface area contributed by atoms with E-state index in [0.717, 1.165) is 12.0 Å². The van der Waals surface area contributed by atoms with Crippen molar-refractivity contribution in [3.8, 4) is 5.75 Å². The minimum atomic E-state index is -3.87. The van der Waals surface area contributed by atoms with Crippen LogP contribution in [0.1, 0.15) is 24.4 Å². The summed E-state index contributed by atoms with van der Waals surface area (Å²) in [6, 6.07) is 12.6. The van der Waals surface area contributed by atoms with Crippen molar-refractivity contribution in [2.45, 2.75) is 23.8 Å². The maximum atomic E-state index is 14.0. The lowest BCUT2D eigenvalue weighted by Gasteiger charge is -2.25. The smallest absolute Gasteiger partial charge is 0.246 e. The number of ether oxygens (including phenoxy) is 1. The van der Waals surface area contributed by atoms with Gasteiger partial charge in [0.2, 0.25) is 10.0 Å². The van der Waals surface area contributed by atoms with E-state index in [9.17, 15) is 12.8 Å². The molecule has 0 radical (unpaired) electrons. The van der Waals surface area contributed by atoms with Crippen LogP contribution in [0, 0.1) is 5.82 Å². The Hall–Kier alpha value is -1.92.